The number of nitrogens with one attached hydrogen (secondary N) is 2. The third kappa shape index (κ3) is 6.79. The van der Waals surface area contributed by atoms with Crippen molar-refractivity contribution in [3.05, 3.63) is 17.0 Å². The molecule has 0 atom stereocenters. The Hall–Kier alpha value is -2.13. The van der Waals surface area contributed by atoms with E-state index in [1.807, 2.05) is 13.8 Å². The van der Waals surface area contributed by atoms with Crippen LogP contribution in [0.2, 0.25) is 0 Å². The molecule has 1 aliphatic heterocycles. The number of nitrogens with zero attached hydrogens (tertiary/aromatic N) is 4. The first-order valence-corrected chi connectivity index (χ1v) is 9.98. The number of aryl methyl sites for hydroxylation is 2. The van der Waals surface area contributed by atoms with Gasteiger partial charge in [0, 0.05) is 58.5 Å². The predicted octanol–water partition coefficient (Wildman–Crippen LogP) is 0.180. The van der Waals surface area contributed by atoms with Crippen LogP contribution < -0.4 is 10.6 Å². The molecule has 1 aromatic rings. The summed E-state index contributed by atoms with van der Waals surface area (Å²) in [6, 6.07) is 0. The number of ether oxygens (including phenoxy) is 1. The van der Waals surface area contributed by atoms with E-state index in [0.717, 1.165) is 62.1 Å². The highest BCUT2D eigenvalue weighted by Gasteiger charge is 2.21. The minimum Gasteiger partial charge on any atom is -0.383 e. The second-order valence-corrected chi connectivity index (χ2v) is 6.89. The van der Waals surface area contributed by atoms with Gasteiger partial charge in [0.25, 0.3) is 0 Å². The molecule has 2 N–H and O–H groups in total. The minimum absolute atomic E-state index is 0.0468. The third-order valence-corrected chi connectivity index (χ3v) is 4.81. The Morgan fingerprint density at radius 1 is 1.25 bits per heavy atom. The normalized spacial score (nSPS) is 15.7. The van der Waals surface area contributed by atoms with Gasteiger partial charge in [-0.1, -0.05) is 5.16 Å². The second-order valence-electron chi connectivity index (χ2n) is 6.89. The molecule has 0 bridgehead atoms. The lowest BCUT2D eigenvalue weighted by molar-refractivity contribution is -0.122. The fourth-order valence-corrected chi connectivity index (χ4v) is 3.23. The molecule has 0 radical (unpaired) electrons. The standard InChI is InChI=1S/C19H34N6O3/c1-5-20-19(22-7-6-17-15(2)23-28-16(17)3)25-11-9-24(10-12-25)14-18(26)21-8-13-27-4/h5-14H2,1-4H3,(H,20,22)(H,21,26). The Morgan fingerprint density at radius 2 is 2.00 bits per heavy atom. The molecule has 9 nitrogen and oxygen atoms in total. The Bertz CT molecular complexity index is 618. The molecule has 0 saturated carbocycles. The van der Waals surface area contributed by atoms with Crippen molar-refractivity contribution in [1.29, 1.82) is 0 Å². The molecule has 1 fully saturated rings. The summed E-state index contributed by atoms with van der Waals surface area (Å²) in [4.78, 5) is 21.2. The summed E-state index contributed by atoms with van der Waals surface area (Å²) in [5.74, 6) is 1.85. The molecule has 1 aliphatic rings. The van der Waals surface area contributed by atoms with Gasteiger partial charge in [0.2, 0.25) is 5.91 Å². The number of aromatic nitrogens is 1. The van der Waals surface area contributed by atoms with Gasteiger partial charge in [0.1, 0.15) is 5.76 Å². The van der Waals surface area contributed by atoms with Gasteiger partial charge in [0.05, 0.1) is 18.8 Å². The monoisotopic (exact) mass is 394 g/mol. The van der Waals surface area contributed by atoms with Crippen LogP contribution in [0.5, 0.6) is 0 Å². The Kier molecular flexibility index (Phi) is 9.22. The molecule has 2 rings (SSSR count). The molecule has 0 unspecified atom stereocenters. The van der Waals surface area contributed by atoms with Crippen LogP contribution in [0.3, 0.4) is 0 Å². The van der Waals surface area contributed by atoms with Gasteiger partial charge in [-0.2, -0.15) is 0 Å². The predicted molar refractivity (Wildman–Crippen MR) is 109 cm³/mol. The maximum Gasteiger partial charge on any atom is 0.234 e. The van der Waals surface area contributed by atoms with Crippen molar-refractivity contribution in [3.8, 4) is 0 Å². The van der Waals surface area contributed by atoms with E-state index in [1.165, 1.54) is 0 Å². The van der Waals surface area contributed by atoms with Crippen LogP contribution in [0.15, 0.2) is 9.52 Å². The zero-order chi connectivity index (χ0) is 20.4. The van der Waals surface area contributed by atoms with E-state index in [2.05, 4.69) is 32.5 Å². The lowest BCUT2D eigenvalue weighted by Crippen LogP contribution is -2.54. The Labute approximate surface area is 167 Å². The van der Waals surface area contributed by atoms with Crippen LogP contribution in [0.25, 0.3) is 0 Å². The van der Waals surface area contributed by atoms with Gasteiger partial charge in [-0.15, -0.1) is 0 Å². The van der Waals surface area contributed by atoms with Crippen molar-refractivity contribution in [2.75, 3.05) is 66.1 Å². The first-order valence-electron chi connectivity index (χ1n) is 9.98. The molecule has 1 saturated heterocycles. The van der Waals surface area contributed by atoms with E-state index in [0.29, 0.717) is 26.2 Å². The van der Waals surface area contributed by atoms with Crippen molar-refractivity contribution < 1.29 is 14.1 Å². The van der Waals surface area contributed by atoms with Gasteiger partial charge in [-0.05, 0) is 27.2 Å². The molecule has 28 heavy (non-hydrogen) atoms. The molecule has 158 valence electrons. The van der Waals surface area contributed by atoms with E-state index in [-0.39, 0.29) is 5.91 Å². The van der Waals surface area contributed by atoms with Gasteiger partial charge in [-0.3, -0.25) is 14.7 Å². The first-order chi connectivity index (χ1) is 13.5. The number of piperazine rings is 1. The van der Waals surface area contributed by atoms with E-state index >= 15 is 0 Å². The zero-order valence-corrected chi connectivity index (χ0v) is 17.6. The number of carbonyl (C=O) groups excluding carboxylic acids is 1. The van der Waals surface area contributed by atoms with Crippen molar-refractivity contribution >= 4 is 11.9 Å². The van der Waals surface area contributed by atoms with Crippen LogP contribution in [-0.2, 0) is 16.0 Å². The van der Waals surface area contributed by atoms with E-state index in [9.17, 15) is 4.79 Å². The van der Waals surface area contributed by atoms with Crippen LogP contribution >= 0.6 is 0 Å². The number of guanidine groups is 1. The van der Waals surface area contributed by atoms with Crippen LogP contribution in [0, 0.1) is 13.8 Å². The van der Waals surface area contributed by atoms with Crippen LogP contribution in [0.1, 0.15) is 23.9 Å². The molecule has 9 heteroatoms. The van der Waals surface area contributed by atoms with Gasteiger partial charge in [-0.25, -0.2) is 0 Å². The van der Waals surface area contributed by atoms with Crippen LogP contribution in [-0.4, -0.2) is 92.9 Å². The van der Waals surface area contributed by atoms with Crippen LogP contribution in [0.4, 0.5) is 0 Å². The van der Waals surface area contributed by atoms with Gasteiger partial charge < -0.3 is 24.8 Å². The number of carbonyl (C=O) groups is 1. The van der Waals surface area contributed by atoms with E-state index in [4.69, 9.17) is 14.3 Å². The molecule has 1 aromatic heterocycles. The molecule has 1 amide bonds. The highest BCUT2D eigenvalue weighted by atomic mass is 16.5. The van der Waals surface area contributed by atoms with Crippen molar-refractivity contribution in [2.45, 2.75) is 27.2 Å². The molecule has 0 aliphatic carbocycles. The largest absolute Gasteiger partial charge is 0.383 e. The smallest absolute Gasteiger partial charge is 0.234 e. The highest BCUT2D eigenvalue weighted by Crippen LogP contribution is 2.13. The SMILES string of the molecule is CCNC(=NCCc1c(C)noc1C)N1CCN(CC(=O)NCCOC)CC1. The average Bonchev–Trinajstić information content (AvgIpc) is 3.00. The molecule has 0 spiro atoms. The summed E-state index contributed by atoms with van der Waals surface area (Å²) in [6.45, 7) is 12.4. The first kappa shape index (κ1) is 22.2. The number of hydrogen-bond donors (Lipinski definition) is 2. The second kappa shape index (κ2) is 11.7. The van der Waals surface area contributed by atoms with Crippen molar-refractivity contribution in [3.63, 3.8) is 0 Å². The summed E-state index contributed by atoms with van der Waals surface area (Å²) in [5.41, 5.74) is 2.08. The lowest BCUT2D eigenvalue weighted by atomic mass is 10.1. The fraction of sp³-hybridized carbons (Fsp3) is 0.737. The lowest BCUT2D eigenvalue weighted by Gasteiger charge is -2.36. The van der Waals surface area contributed by atoms with Gasteiger partial charge in [0.15, 0.2) is 5.96 Å². The molecule has 2 heterocycles. The average molecular weight is 395 g/mol. The van der Waals surface area contributed by atoms with Crippen molar-refractivity contribution in [2.24, 2.45) is 4.99 Å². The third-order valence-electron chi connectivity index (χ3n) is 4.81. The Morgan fingerprint density at radius 3 is 2.61 bits per heavy atom. The quantitative estimate of drug-likeness (QED) is 0.350. The maximum absolute atomic E-state index is 11.9. The number of amides is 1. The summed E-state index contributed by atoms with van der Waals surface area (Å²) < 4.78 is 10.2. The molecule has 0 aromatic carbocycles. The summed E-state index contributed by atoms with van der Waals surface area (Å²) >= 11 is 0. The summed E-state index contributed by atoms with van der Waals surface area (Å²) in [7, 11) is 1.63. The highest BCUT2D eigenvalue weighted by molar-refractivity contribution is 5.80. The van der Waals surface area contributed by atoms with E-state index < -0.39 is 0 Å². The molecular weight excluding hydrogens is 360 g/mol. The number of rotatable bonds is 9. The summed E-state index contributed by atoms with van der Waals surface area (Å²) in [6.07, 6.45) is 0.817. The van der Waals surface area contributed by atoms with E-state index in [1.54, 1.807) is 7.11 Å². The number of aliphatic imine (C=N–C) groups is 1. The molecular formula is C19H34N6O3. The zero-order valence-electron chi connectivity index (χ0n) is 17.6. The topological polar surface area (TPSA) is 95.2 Å². The Balaban J connectivity index is 1.80. The summed E-state index contributed by atoms with van der Waals surface area (Å²) in [5, 5.41) is 10.2. The minimum atomic E-state index is 0.0468. The maximum atomic E-state index is 11.9. The fourth-order valence-electron chi connectivity index (χ4n) is 3.23. The van der Waals surface area contributed by atoms with Crippen molar-refractivity contribution in [1.82, 2.24) is 25.6 Å². The van der Waals surface area contributed by atoms with Gasteiger partial charge >= 0.3 is 0 Å². The number of methoxy groups -OCH3 is 1. The number of hydrogen-bond acceptors (Lipinski definition) is 6.